The Bertz CT molecular complexity index is 143. The highest BCUT2D eigenvalue weighted by molar-refractivity contribution is 4.67. The van der Waals surface area contributed by atoms with E-state index in [0.717, 1.165) is 25.0 Å². The lowest BCUT2D eigenvalue weighted by molar-refractivity contribution is 0.0590. The van der Waals surface area contributed by atoms with Gasteiger partial charge in [-0.3, -0.25) is 0 Å². The topological polar surface area (TPSA) is 21.3 Å². The predicted octanol–water partition coefficient (Wildman–Crippen LogP) is 2.83. The van der Waals surface area contributed by atoms with E-state index in [4.69, 9.17) is 4.74 Å². The first-order valence-corrected chi connectivity index (χ1v) is 6.61. The lowest BCUT2D eigenvalue weighted by Gasteiger charge is -2.24. The quantitative estimate of drug-likeness (QED) is 0.657. The minimum absolute atomic E-state index is 0.873. The van der Waals surface area contributed by atoms with Crippen LogP contribution in [0.2, 0.25) is 0 Å². The lowest BCUT2D eigenvalue weighted by atomic mass is 9.88. The number of rotatable bonds is 7. The van der Waals surface area contributed by atoms with Gasteiger partial charge in [0.15, 0.2) is 0 Å². The molecule has 0 aromatic heterocycles. The highest BCUT2D eigenvalue weighted by atomic mass is 16.5. The van der Waals surface area contributed by atoms with Gasteiger partial charge in [0.05, 0.1) is 0 Å². The number of hydrogen-bond donors (Lipinski definition) is 1. The Kier molecular flexibility index (Phi) is 7.03. The van der Waals surface area contributed by atoms with E-state index in [2.05, 4.69) is 19.2 Å². The molecule has 1 atom stereocenters. The Labute approximate surface area is 94.8 Å². The van der Waals surface area contributed by atoms with Crippen LogP contribution in [0.5, 0.6) is 0 Å². The van der Waals surface area contributed by atoms with E-state index >= 15 is 0 Å². The van der Waals surface area contributed by atoms with Gasteiger partial charge in [0.25, 0.3) is 0 Å². The van der Waals surface area contributed by atoms with Gasteiger partial charge in [-0.15, -0.1) is 0 Å². The van der Waals surface area contributed by atoms with Crippen LogP contribution in [0.4, 0.5) is 0 Å². The molecular weight excluding hydrogens is 186 g/mol. The molecule has 1 aliphatic heterocycles. The zero-order chi connectivity index (χ0) is 10.9. The van der Waals surface area contributed by atoms with Crippen LogP contribution in [0.25, 0.3) is 0 Å². The van der Waals surface area contributed by atoms with Gasteiger partial charge in [-0.05, 0) is 57.0 Å². The van der Waals surface area contributed by atoms with E-state index in [9.17, 15) is 0 Å². The van der Waals surface area contributed by atoms with E-state index in [1.165, 1.54) is 45.2 Å². The largest absolute Gasteiger partial charge is 0.381 e. The Hall–Kier alpha value is -0.0800. The normalized spacial score (nSPS) is 20.4. The molecule has 1 N–H and O–H groups in total. The van der Waals surface area contributed by atoms with Crippen molar-refractivity contribution in [3.05, 3.63) is 0 Å². The van der Waals surface area contributed by atoms with E-state index < -0.39 is 0 Å². The van der Waals surface area contributed by atoms with E-state index in [1.807, 2.05) is 0 Å². The minimum atomic E-state index is 0.873. The van der Waals surface area contributed by atoms with Gasteiger partial charge in [-0.1, -0.05) is 13.8 Å². The van der Waals surface area contributed by atoms with Gasteiger partial charge in [0.2, 0.25) is 0 Å². The second-order valence-corrected chi connectivity index (χ2v) is 4.94. The van der Waals surface area contributed by atoms with Crippen molar-refractivity contribution in [3.63, 3.8) is 0 Å². The fraction of sp³-hybridized carbons (Fsp3) is 1.00. The first-order chi connectivity index (χ1) is 7.33. The maximum Gasteiger partial charge on any atom is 0.0468 e. The molecular formula is C13H27NO. The summed E-state index contributed by atoms with van der Waals surface area (Å²) in [4.78, 5) is 0. The summed E-state index contributed by atoms with van der Waals surface area (Å²) in [7, 11) is 0. The van der Waals surface area contributed by atoms with Crippen molar-refractivity contribution in [2.75, 3.05) is 26.3 Å². The summed E-state index contributed by atoms with van der Waals surface area (Å²) in [6.07, 6.45) is 6.54. The van der Waals surface area contributed by atoms with Crippen molar-refractivity contribution < 1.29 is 4.74 Å². The SMILES string of the molecule is CCCNCCC(C)CC1CCOCC1. The van der Waals surface area contributed by atoms with Crippen LogP contribution in [0.3, 0.4) is 0 Å². The summed E-state index contributed by atoms with van der Waals surface area (Å²) in [5.74, 6) is 1.80. The molecule has 15 heavy (non-hydrogen) atoms. The minimum Gasteiger partial charge on any atom is -0.381 e. The molecule has 0 aromatic rings. The van der Waals surface area contributed by atoms with Gasteiger partial charge in [-0.2, -0.15) is 0 Å². The van der Waals surface area contributed by atoms with Crippen LogP contribution in [-0.2, 0) is 4.74 Å². The van der Waals surface area contributed by atoms with E-state index in [0.29, 0.717) is 0 Å². The maximum absolute atomic E-state index is 5.38. The molecule has 0 aliphatic carbocycles. The highest BCUT2D eigenvalue weighted by Crippen LogP contribution is 2.23. The maximum atomic E-state index is 5.38. The average molecular weight is 213 g/mol. The second kappa shape index (κ2) is 8.12. The molecule has 0 radical (unpaired) electrons. The van der Waals surface area contributed by atoms with E-state index in [1.54, 1.807) is 0 Å². The Morgan fingerprint density at radius 2 is 2.00 bits per heavy atom. The van der Waals surface area contributed by atoms with Crippen molar-refractivity contribution >= 4 is 0 Å². The smallest absolute Gasteiger partial charge is 0.0468 e. The summed E-state index contributed by atoms with van der Waals surface area (Å²) in [6.45, 7) is 8.96. The molecule has 1 unspecified atom stereocenters. The zero-order valence-electron chi connectivity index (χ0n) is 10.4. The van der Waals surface area contributed by atoms with Crippen molar-refractivity contribution in [2.24, 2.45) is 11.8 Å². The van der Waals surface area contributed by atoms with Crippen molar-refractivity contribution in [2.45, 2.75) is 46.0 Å². The summed E-state index contributed by atoms with van der Waals surface area (Å²) < 4.78 is 5.38. The molecule has 90 valence electrons. The zero-order valence-corrected chi connectivity index (χ0v) is 10.4. The van der Waals surface area contributed by atoms with Crippen molar-refractivity contribution in [1.29, 1.82) is 0 Å². The molecule has 0 bridgehead atoms. The van der Waals surface area contributed by atoms with Gasteiger partial charge in [0.1, 0.15) is 0 Å². The molecule has 0 spiro atoms. The Morgan fingerprint density at radius 1 is 1.27 bits per heavy atom. The van der Waals surface area contributed by atoms with Crippen LogP contribution in [0.15, 0.2) is 0 Å². The van der Waals surface area contributed by atoms with Crippen LogP contribution < -0.4 is 5.32 Å². The van der Waals surface area contributed by atoms with Crippen LogP contribution in [-0.4, -0.2) is 26.3 Å². The van der Waals surface area contributed by atoms with Crippen molar-refractivity contribution in [3.8, 4) is 0 Å². The number of hydrogen-bond acceptors (Lipinski definition) is 2. The predicted molar refractivity (Wildman–Crippen MR) is 65.1 cm³/mol. The molecule has 1 rings (SSSR count). The van der Waals surface area contributed by atoms with Gasteiger partial charge in [0, 0.05) is 13.2 Å². The summed E-state index contributed by atoms with van der Waals surface area (Å²) in [6, 6.07) is 0. The van der Waals surface area contributed by atoms with Gasteiger partial charge in [-0.25, -0.2) is 0 Å². The molecule has 1 heterocycles. The third-order valence-electron chi connectivity index (χ3n) is 3.32. The fourth-order valence-corrected chi connectivity index (χ4v) is 2.32. The first kappa shape index (κ1) is 13.0. The highest BCUT2D eigenvalue weighted by Gasteiger charge is 2.16. The van der Waals surface area contributed by atoms with Crippen molar-refractivity contribution in [1.82, 2.24) is 5.32 Å². The summed E-state index contributed by atoms with van der Waals surface area (Å²) in [5.41, 5.74) is 0. The molecule has 2 nitrogen and oxygen atoms in total. The lowest BCUT2D eigenvalue weighted by Crippen LogP contribution is -2.21. The molecule has 1 saturated heterocycles. The first-order valence-electron chi connectivity index (χ1n) is 6.61. The Balaban J connectivity index is 1.98. The molecule has 2 heteroatoms. The standard InChI is InChI=1S/C13H27NO/c1-3-7-14-8-4-12(2)11-13-5-9-15-10-6-13/h12-14H,3-11H2,1-2H3. The monoisotopic (exact) mass is 213 g/mol. The third kappa shape index (κ3) is 6.16. The number of ether oxygens (including phenoxy) is 1. The van der Waals surface area contributed by atoms with Gasteiger partial charge >= 0.3 is 0 Å². The number of nitrogens with one attached hydrogen (secondary N) is 1. The second-order valence-electron chi connectivity index (χ2n) is 4.94. The third-order valence-corrected chi connectivity index (χ3v) is 3.32. The van der Waals surface area contributed by atoms with Gasteiger partial charge < -0.3 is 10.1 Å². The molecule has 0 amide bonds. The summed E-state index contributed by atoms with van der Waals surface area (Å²) >= 11 is 0. The Morgan fingerprint density at radius 3 is 2.67 bits per heavy atom. The molecule has 0 saturated carbocycles. The van der Waals surface area contributed by atoms with E-state index in [-0.39, 0.29) is 0 Å². The van der Waals surface area contributed by atoms with Crippen LogP contribution in [0, 0.1) is 11.8 Å². The molecule has 1 aliphatic rings. The summed E-state index contributed by atoms with van der Waals surface area (Å²) in [5, 5.41) is 3.48. The molecule has 1 fully saturated rings. The fourth-order valence-electron chi connectivity index (χ4n) is 2.32. The molecule has 0 aromatic carbocycles. The van der Waals surface area contributed by atoms with Crippen LogP contribution in [0.1, 0.15) is 46.0 Å². The van der Waals surface area contributed by atoms with Crippen LogP contribution >= 0.6 is 0 Å². The average Bonchev–Trinajstić information content (AvgIpc) is 2.26.